The molecule has 0 unspecified atom stereocenters. The van der Waals surface area contributed by atoms with E-state index in [1.807, 2.05) is 11.8 Å². The number of hydrogen-bond donors (Lipinski definition) is 1. The van der Waals surface area contributed by atoms with Gasteiger partial charge in [0.25, 0.3) is 11.5 Å². The van der Waals surface area contributed by atoms with Crippen molar-refractivity contribution < 1.29 is 9.53 Å². The molecule has 0 bridgehead atoms. The van der Waals surface area contributed by atoms with E-state index >= 15 is 0 Å². The van der Waals surface area contributed by atoms with Crippen molar-refractivity contribution >= 4 is 17.7 Å². The van der Waals surface area contributed by atoms with Crippen LogP contribution in [-0.2, 0) is 11.8 Å². The summed E-state index contributed by atoms with van der Waals surface area (Å²) in [6.45, 7) is 4.12. The third-order valence-electron chi connectivity index (χ3n) is 5.05. The van der Waals surface area contributed by atoms with E-state index in [0.29, 0.717) is 6.54 Å². The van der Waals surface area contributed by atoms with Crippen LogP contribution in [0.4, 0.5) is 0 Å². The lowest BCUT2D eigenvalue weighted by Crippen LogP contribution is -2.60. The lowest BCUT2D eigenvalue weighted by molar-refractivity contribution is -0.0237. The zero-order valence-electron chi connectivity index (χ0n) is 14.1. The third kappa shape index (κ3) is 3.68. The molecule has 0 atom stereocenters. The molecular weight excluding hydrogens is 326 g/mol. The van der Waals surface area contributed by atoms with Gasteiger partial charge < -0.3 is 14.6 Å². The molecule has 2 saturated heterocycles. The second-order valence-corrected chi connectivity index (χ2v) is 7.68. The monoisotopic (exact) mass is 351 g/mol. The molecule has 7 heteroatoms. The molecule has 1 amide bonds. The van der Waals surface area contributed by atoms with E-state index in [2.05, 4.69) is 10.2 Å². The average molecular weight is 351 g/mol. The topological polar surface area (TPSA) is 63.6 Å². The summed E-state index contributed by atoms with van der Waals surface area (Å²) in [5.74, 6) is 1.99. The second kappa shape index (κ2) is 7.72. The fourth-order valence-corrected chi connectivity index (χ4v) is 4.41. The number of thioether (sulfide) groups is 1. The number of nitrogens with zero attached hydrogens (tertiary/aromatic N) is 2. The SMILES string of the molecule is Cn1cccc(C(=O)NCC2(N3CCSCC3)CCOCC2)c1=O. The Bertz CT molecular complexity index is 634. The van der Waals surface area contributed by atoms with Crippen LogP contribution < -0.4 is 10.9 Å². The van der Waals surface area contributed by atoms with Crippen molar-refractivity contribution in [1.29, 1.82) is 0 Å². The first-order valence-corrected chi connectivity index (χ1v) is 9.62. The smallest absolute Gasteiger partial charge is 0.263 e. The van der Waals surface area contributed by atoms with Gasteiger partial charge in [0.05, 0.1) is 0 Å². The minimum absolute atomic E-state index is 0.0467. The van der Waals surface area contributed by atoms with Gasteiger partial charge in [0.1, 0.15) is 5.56 Å². The highest BCUT2D eigenvalue weighted by molar-refractivity contribution is 7.99. The number of aryl methyl sites for hydroxylation is 1. The van der Waals surface area contributed by atoms with Crippen LogP contribution in [0.3, 0.4) is 0 Å². The first-order valence-electron chi connectivity index (χ1n) is 8.47. The van der Waals surface area contributed by atoms with E-state index in [9.17, 15) is 9.59 Å². The van der Waals surface area contributed by atoms with Gasteiger partial charge in [-0.05, 0) is 25.0 Å². The van der Waals surface area contributed by atoms with Crippen LogP contribution in [0.5, 0.6) is 0 Å². The van der Waals surface area contributed by atoms with Gasteiger partial charge in [-0.3, -0.25) is 14.5 Å². The van der Waals surface area contributed by atoms with Crippen LogP contribution in [0, 0.1) is 0 Å². The number of rotatable bonds is 4. The summed E-state index contributed by atoms with van der Waals surface area (Å²) in [4.78, 5) is 27.1. The molecule has 0 radical (unpaired) electrons. The Kier molecular flexibility index (Phi) is 5.63. The fourth-order valence-electron chi connectivity index (χ4n) is 3.50. The van der Waals surface area contributed by atoms with Gasteiger partial charge in [-0.25, -0.2) is 0 Å². The predicted octanol–water partition coefficient (Wildman–Crippen LogP) is 0.713. The molecule has 3 heterocycles. The molecule has 24 heavy (non-hydrogen) atoms. The molecule has 2 aliphatic rings. The molecule has 1 aromatic heterocycles. The van der Waals surface area contributed by atoms with E-state index < -0.39 is 0 Å². The normalized spacial score (nSPS) is 21.4. The predicted molar refractivity (Wildman–Crippen MR) is 95.7 cm³/mol. The highest BCUT2D eigenvalue weighted by atomic mass is 32.2. The van der Waals surface area contributed by atoms with Crippen LogP contribution in [0.25, 0.3) is 0 Å². The molecule has 0 saturated carbocycles. The number of aromatic nitrogens is 1. The van der Waals surface area contributed by atoms with Gasteiger partial charge in [0.2, 0.25) is 0 Å². The number of carbonyl (C=O) groups is 1. The Labute approximate surface area is 146 Å². The number of ether oxygens (including phenoxy) is 1. The van der Waals surface area contributed by atoms with Gasteiger partial charge >= 0.3 is 0 Å². The highest BCUT2D eigenvalue weighted by Gasteiger charge is 2.39. The molecule has 132 valence electrons. The number of nitrogens with one attached hydrogen (secondary N) is 1. The van der Waals surface area contributed by atoms with Crippen molar-refractivity contribution in [2.45, 2.75) is 18.4 Å². The largest absolute Gasteiger partial charge is 0.381 e. The van der Waals surface area contributed by atoms with Crippen molar-refractivity contribution in [2.24, 2.45) is 7.05 Å². The average Bonchev–Trinajstić information content (AvgIpc) is 2.63. The number of amides is 1. The van der Waals surface area contributed by atoms with Crippen LogP contribution in [-0.4, -0.2) is 65.3 Å². The van der Waals surface area contributed by atoms with Crippen LogP contribution in [0.2, 0.25) is 0 Å². The first kappa shape index (κ1) is 17.5. The Hall–Kier alpha value is -1.31. The lowest BCUT2D eigenvalue weighted by atomic mass is 9.87. The van der Waals surface area contributed by atoms with E-state index in [4.69, 9.17) is 4.74 Å². The van der Waals surface area contributed by atoms with Crippen molar-refractivity contribution in [3.05, 3.63) is 34.2 Å². The Morgan fingerprint density at radius 3 is 2.75 bits per heavy atom. The Balaban J connectivity index is 1.72. The molecule has 1 aromatic rings. The van der Waals surface area contributed by atoms with Gasteiger partial charge in [-0.1, -0.05) is 0 Å². The summed E-state index contributed by atoms with van der Waals surface area (Å²) in [6.07, 6.45) is 3.50. The number of carbonyl (C=O) groups excluding carboxylic acids is 1. The molecule has 0 aromatic carbocycles. The standard InChI is InChI=1S/C17H25N3O3S/c1-19-6-2-3-14(16(19)22)15(21)18-13-17(4-9-23-10-5-17)20-7-11-24-12-8-20/h2-3,6H,4-5,7-13H2,1H3,(H,18,21). The molecule has 6 nitrogen and oxygen atoms in total. The van der Waals surface area contributed by atoms with Gasteiger partial charge in [-0.2, -0.15) is 11.8 Å². The van der Waals surface area contributed by atoms with Gasteiger partial charge in [0, 0.05) is 63.1 Å². The van der Waals surface area contributed by atoms with Crippen molar-refractivity contribution in [3.63, 3.8) is 0 Å². The summed E-state index contributed by atoms with van der Waals surface area (Å²) >= 11 is 1.98. The van der Waals surface area contributed by atoms with Crippen molar-refractivity contribution in [2.75, 3.05) is 44.4 Å². The molecular formula is C17H25N3O3S. The number of pyridine rings is 1. The summed E-state index contributed by atoms with van der Waals surface area (Å²) in [6, 6.07) is 3.31. The maximum atomic E-state index is 12.5. The van der Waals surface area contributed by atoms with Crippen molar-refractivity contribution in [1.82, 2.24) is 14.8 Å². The van der Waals surface area contributed by atoms with Crippen LogP contribution in [0.1, 0.15) is 23.2 Å². The van der Waals surface area contributed by atoms with Crippen LogP contribution in [0.15, 0.2) is 23.1 Å². The molecule has 3 rings (SSSR count). The third-order valence-corrected chi connectivity index (χ3v) is 5.99. The molecule has 0 aliphatic carbocycles. The van der Waals surface area contributed by atoms with E-state index in [1.165, 1.54) is 4.57 Å². The molecule has 0 spiro atoms. The summed E-state index contributed by atoms with van der Waals surface area (Å²) in [5.41, 5.74) is -0.101. The summed E-state index contributed by atoms with van der Waals surface area (Å²) < 4.78 is 6.98. The first-order chi connectivity index (χ1) is 11.6. The Morgan fingerprint density at radius 1 is 1.33 bits per heavy atom. The summed E-state index contributed by atoms with van der Waals surface area (Å²) in [5, 5.41) is 3.02. The second-order valence-electron chi connectivity index (χ2n) is 6.46. The fraction of sp³-hybridized carbons (Fsp3) is 0.647. The highest BCUT2D eigenvalue weighted by Crippen LogP contribution is 2.30. The van der Waals surface area contributed by atoms with E-state index in [1.54, 1.807) is 25.4 Å². The molecule has 2 aliphatic heterocycles. The number of hydrogen-bond acceptors (Lipinski definition) is 5. The minimum atomic E-state index is -0.284. The maximum Gasteiger partial charge on any atom is 0.263 e. The van der Waals surface area contributed by atoms with Crippen molar-refractivity contribution in [3.8, 4) is 0 Å². The maximum absolute atomic E-state index is 12.5. The van der Waals surface area contributed by atoms with Crippen LogP contribution >= 0.6 is 11.8 Å². The van der Waals surface area contributed by atoms with E-state index in [0.717, 1.165) is 50.7 Å². The lowest BCUT2D eigenvalue weighted by Gasteiger charge is -2.48. The molecule has 2 fully saturated rings. The summed E-state index contributed by atoms with van der Waals surface area (Å²) in [7, 11) is 1.66. The van der Waals surface area contributed by atoms with Gasteiger partial charge in [0.15, 0.2) is 0 Å². The van der Waals surface area contributed by atoms with Gasteiger partial charge in [-0.15, -0.1) is 0 Å². The zero-order valence-corrected chi connectivity index (χ0v) is 14.9. The Morgan fingerprint density at radius 2 is 2.04 bits per heavy atom. The zero-order chi connectivity index (χ0) is 17.0. The molecule has 1 N–H and O–H groups in total. The minimum Gasteiger partial charge on any atom is -0.381 e. The quantitative estimate of drug-likeness (QED) is 0.866. The van der Waals surface area contributed by atoms with E-state index in [-0.39, 0.29) is 22.6 Å².